The summed E-state index contributed by atoms with van der Waals surface area (Å²) in [5.41, 5.74) is 1.81. The molecule has 0 bridgehead atoms. The van der Waals surface area contributed by atoms with Crippen LogP contribution in [0.1, 0.15) is 17.5 Å². The molecule has 2 aromatic rings. The molecule has 1 heterocycles. The Balaban J connectivity index is 2.73. The molecule has 0 amide bonds. The van der Waals surface area contributed by atoms with Gasteiger partial charge in [0.05, 0.1) is 20.1 Å². The van der Waals surface area contributed by atoms with Crippen LogP contribution in [0, 0.1) is 17.0 Å². The highest BCUT2D eigenvalue weighted by atomic mass is 32.1. The highest BCUT2D eigenvalue weighted by molar-refractivity contribution is 7.18. The summed E-state index contributed by atoms with van der Waals surface area (Å²) in [6.07, 6.45) is 0.656. The van der Waals surface area contributed by atoms with Crippen molar-refractivity contribution in [3.8, 4) is 0 Å². The second-order valence-corrected chi connectivity index (χ2v) is 4.53. The predicted molar refractivity (Wildman–Crippen MR) is 60.4 cm³/mol. The van der Waals surface area contributed by atoms with Crippen LogP contribution in [0.5, 0.6) is 0 Å². The lowest BCUT2D eigenvalue weighted by Crippen LogP contribution is -1.93. The third-order valence-electron chi connectivity index (χ3n) is 2.27. The van der Waals surface area contributed by atoms with Crippen LogP contribution in [-0.2, 0) is 6.42 Å². The fourth-order valence-electron chi connectivity index (χ4n) is 1.57. The third-order valence-corrected chi connectivity index (χ3v) is 3.21. The molecule has 0 saturated carbocycles. The lowest BCUT2D eigenvalue weighted by molar-refractivity contribution is -0.385. The molecule has 0 spiro atoms. The van der Waals surface area contributed by atoms with Crippen LogP contribution in [0.15, 0.2) is 12.1 Å². The summed E-state index contributed by atoms with van der Waals surface area (Å²) in [5.74, 6) is 0. The van der Waals surface area contributed by atoms with Crippen molar-refractivity contribution in [1.29, 1.82) is 0 Å². The Hall–Kier alpha value is -1.49. The van der Waals surface area contributed by atoms with Gasteiger partial charge in [0.1, 0.15) is 0 Å². The summed E-state index contributed by atoms with van der Waals surface area (Å²) in [6, 6.07) is 3.44. The van der Waals surface area contributed by atoms with Crippen molar-refractivity contribution < 1.29 is 4.92 Å². The van der Waals surface area contributed by atoms with Gasteiger partial charge in [-0.05, 0) is 19.4 Å². The molecular weight excluding hydrogens is 212 g/mol. The van der Waals surface area contributed by atoms with Crippen molar-refractivity contribution in [3.05, 3.63) is 32.8 Å². The van der Waals surface area contributed by atoms with E-state index in [4.69, 9.17) is 0 Å². The highest BCUT2D eigenvalue weighted by Gasteiger charge is 2.15. The minimum atomic E-state index is -0.326. The first-order chi connectivity index (χ1) is 7.11. The SMILES string of the molecule is CCc1cc2nc(C)sc2cc1[N+](=O)[O-]. The third kappa shape index (κ3) is 1.70. The van der Waals surface area contributed by atoms with Gasteiger partial charge in [-0.15, -0.1) is 11.3 Å². The van der Waals surface area contributed by atoms with Gasteiger partial charge in [-0.1, -0.05) is 6.92 Å². The number of rotatable bonds is 2. The van der Waals surface area contributed by atoms with Crippen LogP contribution < -0.4 is 0 Å². The number of hydrogen-bond donors (Lipinski definition) is 0. The number of hydrogen-bond acceptors (Lipinski definition) is 4. The summed E-state index contributed by atoms with van der Waals surface area (Å²) >= 11 is 1.49. The molecule has 0 radical (unpaired) electrons. The normalized spacial score (nSPS) is 10.8. The van der Waals surface area contributed by atoms with Crippen molar-refractivity contribution in [1.82, 2.24) is 4.98 Å². The second-order valence-electron chi connectivity index (χ2n) is 3.29. The summed E-state index contributed by atoms with van der Waals surface area (Å²) in [4.78, 5) is 14.8. The Morgan fingerprint density at radius 1 is 1.53 bits per heavy atom. The first-order valence-corrected chi connectivity index (χ1v) is 5.48. The Morgan fingerprint density at radius 3 is 2.87 bits per heavy atom. The molecule has 0 atom stereocenters. The number of thiazole rings is 1. The molecular formula is C10H10N2O2S. The molecule has 1 aromatic carbocycles. The largest absolute Gasteiger partial charge is 0.274 e. The molecule has 15 heavy (non-hydrogen) atoms. The van der Waals surface area contributed by atoms with E-state index in [2.05, 4.69) is 4.98 Å². The summed E-state index contributed by atoms with van der Waals surface area (Å²) in [6.45, 7) is 3.81. The molecule has 5 heteroatoms. The van der Waals surface area contributed by atoms with E-state index >= 15 is 0 Å². The van der Waals surface area contributed by atoms with Crippen molar-refractivity contribution in [3.63, 3.8) is 0 Å². The topological polar surface area (TPSA) is 56.0 Å². The molecule has 78 valence electrons. The molecule has 0 N–H and O–H groups in total. The Bertz CT molecular complexity index is 533. The zero-order valence-corrected chi connectivity index (χ0v) is 9.30. The number of nitrogens with zero attached hydrogens (tertiary/aromatic N) is 2. The maximum atomic E-state index is 10.8. The van der Waals surface area contributed by atoms with Gasteiger partial charge >= 0.3 is 0 Å². The molecule has 0 saturated heterocycles. The van der Waals surface area contributed by atoms with E-state index in [-0.39, 0.29) is 10.6 Å². The quantitative estimate of drug-likeness (QED) is 0.579. The maximum Gasteiger partial charge on any atom is 0.274 e. The van der Waals surface area contributed by atoms with Crippen LogP contribution in [0.2, 0.25) is 0 Å². The lowest BCUT2D eigenvalue weighted by Gasteiger charge is -1.98. The van der Waals surface area contributed by atoms with Crippen molar-refractivity contribution >= 4 is 27.2 Å². The van der Waals surface area contributed by atoms with Crippen molar-refractivity contribution in [2.75, 3.05) is 0 Å². The van der Waals surface area contributed by atoms with Gasteiger partial charge in [-0.2, -0.15) is 0 Å². The van der Waals surface area contributed by atoms with Gasteiger partial charge in [0.25, 0.3) is 5.69 Å². The fourth-order valence-corrected chi connectivity index (χ4v) is 2.42. The van der Waals surface area contributed by atoms with E-state index in [0.717, 1.165) is 20.8 Å². The van der Waals surface area contributed by atoms with Crippen molar-refractivity contribution in [2.45, 2.75) is 20.3 Å². The van der Waals surface area contributed by atoms with Crippen LogP contribution in [-0.4, -0.2) is 9.91 Å². The zero-order valence-electron chi connectivity index (χ0n) is 8.48. The molecule has 0 aliphatic rings. The van der Waals surface area contributed by atoms with E-state index in [0.29, 0.717) is 6.42 Å². The standard InChI is InChI=1S/C10H10N2O2S/c1-3-7-4-8-10(15-6(2)11-8)5-9(7)12(13)14/h4-5H,3H2,1-2H3. The van der Waals surface area contributed by atoms with Crippen LogP contribution in [0.4, 0.5) is 5.69 Å². The lowest BCUT2D eigenvalue weighted by atomic mass is 10.1. The van der Waals surface area contributed by atoms with Gasteiger partial charge in [0.2, 0.25) is 0 Å². The first kappa shape index (κ1) is 10.0. The fraction of sp³-hybridized carbons (Fsp3) is 0.300. The minimum Gasteiger partial charge on any atom is -0.258 e. The second kappa shape index (κ2) is 3.58. The molecule has 1 aromatic heterocycles. The summed E-state index contributed by atoms with van der Waals surface area (Å²) in [5, 5.41) is 11.8. The smallest absolute Gasteiger partial charge is 0.258 e. The molecule has 4 nitrogen and oxygen atoms in total. The predicted octanol–water partition coefficient (Wildman–Crippen LogP) is 3.08. The van der Waals surface area contributed by atoms with E-state index in [9.17, 15) is 10.1 Å². The average molecular weight is 222 g/mol. The van der Waals surface area contributed by atoms with Crippen molar-refractivity contribution in [2.24, 2.45) is 0 Å². The van der Waals surface area contributed by atoms with Crippen LogP contribution >= 0.6 is 11.3 Å². The maximum absolute atomic E-state index is 10.8. The molecule has 0 unspecified atom stereocenters. The zero-order chi connectivity index (χ0) is 11.0. The van der Waals surface area contributed by atoms with Gasteiger partial charge in [-0.25, -0.2) is 4.98 Å². The molecule has 0 aliphatic carbocycles. The number of aryl methyl sites for hydroxylation is 2. The van der Waals surface area contributed by atoms with E-state index in [1.54, 1.807) is 6.07 Å². The molecule has 0 fully saturated rings. The number of benzene rings is 1. The van der Waals surface area contributed by atoms with Gasteiger partial charge < -0.3 is 0 Å². The summed E-state index contributed by atoms with van der Waals surface area (Å²) < 4.78 is 0.886. The minimum absolute atomic E-state index is 0.202. The Morgan fingerprint density at radius 2 is 2.27 bits per heavy atom. The number of aromatic nitrogens is 1. The first-order valence-electron chi connectivity index (χ1n) is 4.66. The highest BCUT2D eigenvalue weighted by Crippen LogP contribution is 2.29. The molecule has 0 aliphatic heterocycles. The van der Waals surface area contributed by atoms with Gasteiger partial charge in [0.15, 0.2) is 0 Å². The van der Waals surface area contributed by atoms with E-state index in [1.165, 1.54) is 11.3 Å². The van der Waals surface area contributed by atoms with Gasteiger partial charge in [0, 0.05) is 11.6 Å². The van der Waals surface area contributed by atoms with Gasteiger partial charge in [-0.3, -0.25) is 10.1 Å². The average Bonchev–Trinajstić information content (AvgIpc) is 2.54. The monoisotopic (exact) mass is 222 g/mol. The van der Waals surface area contributed by atoms with E-state index < -0.39 is 0 Å². The number of nitro groups is 1. The summed E-state index contributed by atoms with van der Waals surface area (Å²) in [7, 11) is 0. The number of nitro benzene ring substituents is 1. The van der Waals surface area contributed by atoms with Crippen LogP contribution in [0.25, 0.3) is 10.2 Å². The Labute approximate surface area is 90.7 Å². The van der Waals surface area contributed by atoms with E-state index in [1.807, 2.05) is 19.9 Å². The Kier molecular flexibility index (Phi) is 2.40. The number of fused-ring (bicyclic) bond motifs is 1. The molecule has 2 rings (SSSR count). The van der Waals surface area contributed by atoms with Crippen LogP contribution in [0.3, 0.4) is 0 Å².